The Morgan fingerprint density at radius 2 is 1.52 bits per heavy atom. The van der Waals surface area contributed by atoms with Gasteiger partial charge in [-0.2, -0.15) is 0 Å². The van der Waals surface area contributed by atoms with Crippen LogP contribution in [0, 0.1) is 23.7 Å². The topological polar surface area (TPSA) is 206 Å². The van der Waals surface area contributed by atoms with E-state index in [1.165, 1.54) is 27.9 Å². The van der Waals surface area contributed by atoms with Gasteiger partial charge >= 0.3 is 23.9 Å². The van der Waals surface area contributed by atoms with E-state index in [1.807, 2.05) is 53.6 Å². The third kappa shape index (κ3) is 12.9. The highest BCUT2D eigenvalue weighted by Gasteiger charge is 2.56. The van der Waals surface area contributed by atoms with Crippen molar-refractivity contribution in [2.24, 2.45) is 28.8 Å². The van der Waals surface area contributed by atoms with Gasteiger partial charge in [0.2, 0.25) is 0 Å². The summed E-state index contributed by atoms with van der Waals surface area (Å²) >= 11 is 0. The van der Waals surface area contributed by atoms with Crippen molar-refractivity contribution >= 4 is 29.6 Å². The van der Waals surface area contributed by atoms with Gasteiger partial charge in [0.25, 0.3) is 0 Å². The van der Waals surface area contributed by atoms with Gasteiger partial charge in [-0.1, -0.05) is 39.4 Å². The first-order valence-corrected chi connectivity index (χ1v) is 23.0. The van der Waals surface area contributed by atoms with Crippen LogP contribution in [-0.2, 0) is 71.4 Å². The highest BCUT2D eigenvalue weighted by Crippen LogP contribution is 2.44. The molecule has 4 aliphatic rings. The molecule has 2 bridgehead atoms. The Morgan fingerprint density at radius 1 is 0.877 bits per heavy atom. The van der Waals surface area contributed by atoms with Gasteiger partial charge in [0.1, 0.15) is 17.3 Å². The number of fused-ring (bicyclic) bond motifs is 5. The Morgan fingerprint density at radius 3 is 2.09 bits per heavy atom. The predicted octanol–water partition coefficient (Wildman–Crippen LogP) is 4.90. The first kappa shape index (κ1) is 54.5. The summed E-state index contributed by atoms with van der Waals surface area (Å²) in [6.45, 7) is 26.1. The largest absolute Gasteiger partial charge is 0.459 e. The molecule has 0 amide bonds. The number of esters is 3. The Bertz CT molecular complexity index is 1710. The molecule has 4 heterocycles. The highest BCUT2D eigenvalue weighted by atomic mass is 16.7. The molecule has 0 unspecified atom stereocenters. The SMILES string of the molecule is C=C1CO[C@@H]2[C@@H](C)C(=NOC(C)=O)[C@H](C)C[C@@](C)(OC1)[C@H](O[C@@H]1O[C@H](C)C[C@H](N(C)C)[C@H]1OC(C)=O)[C@@H](C)[C@H](O[C@H]1C[C@@](C)(OC)[C@@H](OC(C)=O)[C@H](C)O1)[C@@H](C)C(=O)O[C@H](CC)[C@@]2(C)O. The molecule has 1 N–H and O–H groups in total. The van der Waals surface area contributed by atoms with Crippen molar-refractivity contribution in [1.29, 1.82) is 0 Å². The molecule has 0 radical (unpaired) electrons. The molecule has 18 atom stereocenters. The van der Waals surface area contributed by atoms with Gasteiger partial charge in [0.05, 0.1) is 67.0 Å². The van der Waals surface area contributed by atoms with E-state index in [4.69, 9.17) is 52.2 Å². The fourth-order valence-corrected chi connectivity index (χ4v) is 10.3. The molecule has 0 spiro atoms. The number of ether oxygens (including phenoxy) is 10. The smallest absolute Gasteiger partial charge is 0.331 e. The van der Waals surface area contributed by atoms with Gasteiger partial charge in [-0.3, -0.25) is 14.4 Å². The van der Waals surface area contributed by atoms with E-state index < -0.39 is 120 Å². The predicted molar refractivity (Wildman–Crippen MR) is 236 cm³/mol. The number of aliphatic hydroxyl groups is 1. The molecule has 4 saturated heterocycles. The van der Waals surface area contributed by atoms with Crippen molar-refractivity contribution in [3.8, 4) is 0 Å². The maximum absolute atomic E-state index is 14.8. The molecule has 0 aliphatic carbocycles. The van der Waals surface area contributed by atoms with Crippen molar-refractivity contribution in [3.63, 3.8) is 0 Å². The van der Waals surface area contributed by atoms with E-state index in [1.54, 1.807) is 34.6 Å². The normalized spacial score (nSPS) is 43.1. The second-order valence-corrected chi connectivity index (χ2v) is 19.6. The van der Waals surface area contributed by atoms with Gasteiger partial charge in [0, 0.05) is 52.1 Å². The minimum atomic E-state index is -1.83. The number of nitrogens with zero attached hydrogens (tertiary/aromatic N) is 2. The summed E-state index contributed by atoms with van der Waals surface area (Å²) in [4.78, 5) is 59.4. The van der Waals surface area contributed by atoms with Crippen LogP contribution in [0.15, 0.2) is 17.3 Å². The number of cyclic esters (lactones) is 1. The van der Waals surface area contributed by atoms with E-state index in [0.717, 1.165) is 0 Å². The molecule has 372 valence electrons. The second kappa shape index (κ2) is 22.4. The van der Waals surface area contributed by atoms with Crippen LogP contribution in [0.2, 0.25) is 0 Å². The molecule has 4 rings (SSSR count). The van der Waals surface area contributed by atoms with Crippen LogP contribution in [-0.4, -0.2) is 158 Å². The summed E-state index contributed by atoms with van der Waals surface area (Å²) in [5, 5.41) is 17.0. The average molecular weight is 927 g/mol. The van der Waals surface area contributed by atoms with Gasteiger partial charge in [-0.25, -0.2) is 4.79 Å². The van der Waals surface area contributed by atoms with Crippen molar-refractivity contribution in [1.82, 2.24) is 4.90 Å². The fourth-order valence-electron chi connectivity index (χ4n) is 10.3. The molecule has 0 aromatic carbocycles. The second-order valence-electron chi connectivity index (χ2n) is 19.6. The van der Waals surface area contributed by atoms with Crippen molar-refractivity contribution in [2.45, 2.75) is 200 Å². The third-order valence-corrected chi connectivity index (χ3v) is 13.7. The number of methoxy groups -OCH3 is 1. The first-order valence-electron chi connectivity index (χ1n) is 23.0. The first-order chi connectivity index (χ1) is 30.2. The number of likely N-dealkylation sites (N-methyl/N-ethyl adjacent to an activating group) is 1. The Kier molecular flexibility index (Phi) is 18.8. The van der Waals surface area contributed by atoms with E-state index in [9.17, 15) is 24.3 Å². The van der Waals surface area contributed by atoms with Gasteiger partial charge in [0.15, 0.2) is 24.8 Å². The average Bonchev–Trinajstić information content (AvgIpc) is 3.22. The molecule has 65 heavy (non-hydrogen) atoms. The monoisotopic (exact) mass is 927 g/mol. The lowest BCUT2D eigenvalue weighted by Gasteiger charge is -2.50. The lowest BCUT2D eigenvalue weighted by molar-refractivity contribution is -0.321. The van der Waals surface area contributed by atoms with Gasteiger partial charge < -0.3 is 62.2 Å². The van der Waals surface area contributed by atoms with Crippen LogP contribution in [0.25, 0.3) is 0 Å². The van der Waals surface area contributed by atoms with Crippen LogP contribution >= 0.6 is 0 Å². The third-order valence-electron chi connectivity index (χ3n) is 13.7. The molecule has 0 aromatic heterocycles. The van der Waals surface area contributed by atoms with Gasteiger partial charge in [-0.15, -0.1) is 0 Å². The minimum Gasteiger partial charge on any atom is -0.459 e. The van der Waals surface area contributed by atoms with Crippen molar-refractivity contribution < 1.29 is 76.5 Å². The summed E-state index contributed by atoms with van der Waals surface area (Å²) < 4.78 is 64.8. The summed E-state index contributed by atoms with van der Waals surface area (Å²) in [5.74, 6) is -5.49. The number of hydrogen-bond donors (Lipinski definition) is 1. The fraction of sp³-hybridized carbons (Fsp3) is 0.851. The lowest BCUT2D eigenvalue weighted by atomic mass is 9.73. The quantitative estimate of drug-likeness (QED) is 0.102. The number of carbonyl (C=O) groups excluding carboxylic acids is 4. The van der Waals surface area contributed by atoms with E-state index in [-0.39, 0.29) is 44.6 Å². The summed E-state index contributed by atoms with van der Waals surface area (Å²) in [7, 11) is 5.31. The number of oxime groups is 1. The van der Waals surface area contributed by atoms with E-state index >= 15 is 0 Å². The van der Waals surface area contributed by atoms with Crippen LogP contribution < -0.4 is 0 Å². The zero-order valence-electron chi connectivity index (χ0n) is 41.6. The maximum Gasteiger partial charge on any atom is 0.331 e. The summed E-state index contributed by atoms with van der Waals surface area (Å²) in [6, 6.07) is -0.312. The number of carbonyl (C=O) groups is 4. The summed E-state index contributed by atoms with van der Waals surface area (Å²) in [6.07, 6.45) is -8.20. The van der Waals surface area contributed by atoms with Crippen LogP contribution in [0.3, 0.4) is 0 Å². The maximum atomic E-state index is 14.8. The molecule has 18 heteroatoms. The van der Waals surface area contributed by atoms with Crippen LogP contribution in [0.4, 0.5) is 0 Å². The van der Waals surface area contributed by atoms with Gasteiger partial charge in [-0.05, 0) is 80.5 Å². The zero-order valence-corrected chi connectivity index (χ0v) is 41.6. The Balaban J connectivity index is 2.03. The Labute approximate surface area is 385 Å². The van der Waals surface area contributed by atoms with Crippen molar-refractivity contribution in [3.05, 3.63) is 12.2 Å². The molecule has 0 saturated carbocycles. The molecule has 18 nitrogen and oxygen atoms in total. The highest BCUT2D eigenvalue weighted by molar-refractivity contribution is 5.89. The molecule has 0 aromatic rings. The van der Waals surface area contributed by atoms with E-state index in [0.29, 0.717) is 17.7 Å². The molecule has 4 aliphatic heterocycles. The van der Waals surface area contributed by atoms with Crippen LogP contribution in [0.5, 0.6) is 0 Å². The van der Waals surface area contributed by atoms with Crippen molar-refractivity contribution in [2.75, 3.05) is 34.4 Å². The molecule has 4 fully saturated rings. The minimum absolute atomic E-state index is 0.0220. The zero-order chi connectivity index (χ0) is 48.9. The van der Waals surface area contributed by atoms with E-state index in [2.05, 4.69) is 11.7 Å². The number of rotatable bonds is 10. The standard InChI is InChI=1S/C47H78N2O16/c1-18-35-47(14,54)41-27(5)37(48-65-33(11)52)25(3)20-46(13,57-23-24(2)22-56-41)40(64-44-39(60-31(9)50)34(49(15)16)19-26(4)58-44)28(6)38(29(7)43(53)62-35)63-36-21-45(12,55-17)42(30(8)59-36)61-32(10)51/h25-30,34-36,38-42,44,54H,2,18-23H2,1,3-17H3/t25-,26-,27+,28+,29-,30+,34+,35-,36+,38+,39-,40-,41-,42+,44+,45-,46-,47-/m1/s1. The molecular formula is C47H78N2O16. The summed E-state index contributed by atoms with van der Waals surface area (Å²) in [5.41, 5.74) is -3.33. The number of hydrogen-bond acceptors (Lipinski definition) is 18. The van der Waals surface area contributed by atoms with Crippen LogP contribution in [0.1, 0.15) is 116 Å². The molecular weight excluding hydrogens is 849 g/mol. The lowest BCUT2D eigenvalue weighted by Crippen LogP contribution is -2.62. The Hall–Kier alpha value is -3.07.